The number of hydrogen-bond acceptors (Lipinski definition) is 3. The number of aromatic nitrogens is 2. The van der Waals surface area contributed by atoms with Crippen LogP contribution in [0.15, 0.2) is 24.3 Å². The molecule has 2 heterocycles. The standard InChI is InChI=1S/C18H22N4O2/c1-11-13(12(2)22(3)21-11)8-9-17(23)20-16-10-18(24)19-15-7-5-4-6-14(15)16/h4-7,16H,8-10H2,1-3H3,(H,19,24)(H,20,23). The average Bonchev–Trinajstić information content (AvgIpc) is 2.78. The van der Waals surface area contributed by atoms with Crippen molar-refractivity contribution in [3.63, 3.8) is 0 Å². The van der Waals surface area contributed by atoms with E-state index in [1.807, 2.05) is 49.8 Å². The van der Waals surface area contributed by atoms with Crippen molar-refractivity contribution in [2.24, 2.45) is 7.05 Å². The van der Waals surface area contributed by atoms with Crippen molar-refractivity contribution in [3.05, 3.63) is 46.8 Å². The Kier molecular flexibility index (Phi) is 4.38. The summed E-state index contributed by atoms with van der Waals surface area (Å²) < 4.78 is 1.84. The van der Waals surface area contributed by atoms with Gasteiger partial charge in [-0.25, -0.2) is 0 Å². The van der Waals surface area contributed by atoms with Crippen LogP contribution in [0.1, 0.15) is 41.4 Å². The lowest BCUT2D eigenvalue weighted by atomic mass is 9.97. The molecule has 6 heteroatoms. The number of hydrogen-bond donors (Lipinski definition) is 2. The molecule has 6 nitrogen and oxygen atoms in total. The first-order valence-corrected chi connectivity index (χ1v) is 8.13. The van der Waals surface area contributed by atoms with E-state index in [1.54, 1.807) is 0 Å². The van der Waals surface area contributed by atoms with Crippen LogP contribution in [0.5, 0.6) is 0 Å². The molecule has 2 amide bonds. The normalized spacial score (nSPS) is 16.5. The summed E-state index contributed by atoms with van der Waals surface area (Å²) in [6, 6.07) is 7.32. The van der Waals surface area contributed by atoms with E-state index < -0.39 is 0 Å². The molecule has 1 aromatic heterocycles. The van der Waals surface area contributed by atoms with Crippen molar-refractivity contribution in [2.45, 2.75) is 39.2 Å². The molecule has 126 valence electrons. The molecule has 0 spiro atoms. The Morgan fingerprint density at radius 1 is 1.38 bits per heavy atom. The third-order valence-corrected chi connectivity index (χ3v) is 4.60. The van der Waals surface area contributed by atoms with Crippen molar-refractivity contribution in [1.82, 2.24) is 15.1 Å². The molecule has 2 N–H and O–H groups in total. The van der Waals surface area contributed by atoms with Gasteiger partial charge in [0.2, 0.25) is 11.8 Å². The van der Waals surface area contributed by atoms with Gasteiger partial charge in [0.25, 0.3) is 0 Å². The SMILES string of the molecule is Cc1nn(C)c(C)c1CCC(=O)NC1CC(=O)Nc2ccccc21. The van der Waals surface area contributed by atoms with Gasteiger partial charge in [0.15, 0.2) is 0 Å². The Hall–Kier alpha value is -2.63. The van der Waals surface area contributed by atoms with Gasteiger partial charge in [-0.15, -0.1) is 0 Å². The highest BCUT2D eigenvalue weighted by Gasteiger charge is 2.26. The van der Waals surface area contributed by atoms with Crippen LogP contribution in [-0.4, -0.2) is 21.6 Å². The lowest BCUT2D eigenvalue weighted by Crippen LogP contribution is -2.35. The monoisotopic (exact) mass is 326 g/mol. The van der Waals surface area contributed by atoms with Crippen LogP contribution < -0.4 is 10.6 Å². The second kappa shape index (κ2) is 6.47. The highest BCUT2D eigenvalue weighted by atomic mass is 16.2. The van der Waals surface area contributed by atoms with E-state index >= 15 is 0 Å². The van der Waals surface area contributed by atoms with E-state index in [0.717, 1.165) is 28.2 Å². The first kappa shape index (κ1) is 16.2. The Labute approximate surface area is 141 Å². The van der Waals surface area contributed by atoms with Gasteiger partial charge in [0.1, 0.15) is 0 Å². The molecule has 0 aliphatic carbocycles. The average molecular weight is 326 g/mol. The quantitative estimate of drug-likeness (QED) is 0.904. The second-order valence-electron chi connectivity index (χ2n) is 6.23. The zero-order valence-electron chi connectivity index (χ0n) is 14.2. The molecule has 24 heavy (non-hydrogen) atoms. The largest absolute Gasteiger partial charge is 0.349 e. The molecule has 1 aliphatic rings. The third kappa shape index (κ3) is 3.18. The fourth-order valence-electron chi connectivity index (χ4n) is 3.22. The summed E-state index contributed by atoms with van der Waals surface area (Å²) in [4.78, 5) is 24.2. The smallest absolute Gasteiger partial charge is 0.226 e. The highest BCUT2D eigenvalue weighted by molar-refractivity contribution is 5.95. The first-order chi connectivity index (χ1) is 11.5. The minimum Gasteiger partial charge on any atom is -0.349 e. The van der Waals surface area contributed by atoms with Crippen molar-refractivity contribution >= 4 is 17.5 Å². The molecular formula is C18H22N4O2. The summed E-state index contributed by atoms with van der Waals surface area (Å²) >= 11 is 0. The molecule has 1 aliphatic heterocycles. The molecule has 0 saturated carbocycles. The Morgan fingerprint density at radius 3 is 2.83 bits per heavy atom. The number of nitrogens with zero attached hydrogens (tertiary/aromatic N) is 2. The van der Waals surface area contributed by atoms with Gasteiger partial charge in [-0.2, -0.15) is 5.10 Å². The number of amides is 2. The molecule has 0 fully saturated rings. The van der Waals surface area contributed by atoms with Crippen molar-refractivity contribution in [2.75, 3.05) is 5.32 Å². The maximum absolute atomic E-state index is 12.4. The number of rotatable bonds is 4. The molecule has 1 unspecified atom stereocenters. The molecule has 2 aromatic rings. The summed E-state index contributed by atoms with van der Waals surface area (Å²) in [7, 11) is 1.91. The molecule has 1 atom stereocenters. The predicted octanol–water partition coefficient (Wildman–Crippen LogP) is 2.17. The minimum absolute atomic E-state index is 0.0489. The van der Waals surface area contributed by atoms with E-state index in [9.17, 15) is 9.59 Å². The van der Waals surface area contributed by atoms with Gasteiger partial charge in [-0.05, 0) is 37.5 Å². The van der Waals surface area contributed by atoms with E-state index in [-0.39, 0.29) is 24.3 Å². The van der Waals surface area contributed by atoms with Crippen molar-refractivity contribution in [1.29, 1.82) is 0 Å². The molecule has 0 saturated heterocycles. The number of carbonyl (C=O) groups excluding carboxylic acids is 2. The summed E-state index contributed by atoms with van der Waals surface area (Å²) in [5, 5.41) is 10.2. The molecule has 0 radical (unpaired) electrons. The van der Waals surface area contributed by atoms with Crippen molar-refractivity contribution < 1.29 is 9.59 Å². The lowest BCUT2D eigenvalue weighted by Gasteiger charge is -2.26. The summed E-state index contributed by atoms with van der Waals surface area (Å²) in [5.41, 5.74) is 4.90. The van der Waals surface area contributed by atoms with Crippen LogP contribution in [-0.2, 0) is 23.1 Å². The summed E-state index contributed by atoms with van der Waals surface area (Å²) in [6.45, 7) is 3.97. The van der Waals surface area contributed by atoms with Gasteiger partial charge in [0.05, 0.1) is 18.2 Å². The fourth-order valence-corrected chi connectivity index (χ4v) is 3.22. The Balaban J connectivity index is 1.66. The van der Waals surface area contributed by atoms with E-state index in [4.69, 9.17) is 0 Å². The van der Waals surface area contributed by atoms with Crippen LogP contribution in [0.3, 0.4) is 0 Å². The topological polar surface area (TPSA) is 76.0 Å². The van der Waals surface area contributed by atoms with Crippen LogP contribution in [0.25, 0.3) is 0 Å². The van der Waals surface area contributed by atoms with Gasteiger partial charge >= 0.3 is 0 Å². The maximum atomic E-state index is 12.4. The second-order valence-corrected chi connectivity index (χ2v) is 6.23. The lowest BCUT2D eigenvalue weighted by molar-refractivity contribution is -0.122. The number of fused-ring (bicyclic) bond motifs is 1. The number of benzene rings is 1. The summed E-state index contributed by atoms with van der Waals surface area (Å²) in [5.74, 6) is -0.120. The number of nitrogens with one attached hydrogen (secondary N) is 2. The zero-order chi connectivity index (χ0) is 17.3. The van der Waals surface area contributed by atoms with Crippen molar-refractivity contribution in [3.8, 4) is 0 Å². The highest BCUT2D eigenvalue weighted by Crippen LogP contribution is 2.30. The molecule has 0 bridgehead atoms. The van der Waals surface area contributed by atoms with Gasteiger partial charge in [0, 0.05) is 24.8 Å². The number of anilines is 1. The van der Waals surface area contributed by atoms with Crippen LogP contribution in [0, 0.1) is 13.8 Å². The van der Waals surface area contributed by atoms with Gasteiger partial charge in [-0.1, -0.05) is 18.2 Å². The van der Waals surface area contributed by atoms with Crippen LogP contribution in [0.2, 0.25) is 0 Å². The maximum Gasteiger partial charge on any atom is 0.226 e. The number of para-hydroxylation sites is 1. The van der Waals surface area contributed by atoms with Crippen LogP contribution >= 0.6 is 0 Å². The molecular weight excluding hydrogens is 304 g/mol. The van der Waals surface area contributed by atoms with E-state index in [1.165, 1.54) is 0 Å². The Morgan fingerprint density at radius 2 is 2.12 bits per heavy atom. The minimum atomic E-state index is -0.265. The Bertz CT molecular complexity index is 794. The number of aryl methyl sites for hydroxylation is 2. The molecule has 1 aromatic carbocycles. The van der Waals surface area contributed by atoms with E-state index in [2.05, 4.69) is 15.7 Å². The van der Waals surface area contributed by atoms with Gasteiger partial charge in [-0.3, -0.25) is 14.3 Å². The van der Waals surface area contributed by atoms with Crippen LogP contribution in [0.4, 0.5) is 5.69 Å². The third-order valence-electron chi connectivity index (χ3n) is 4.60. The fraction of sp³-hybridized carbons (Fsp3) is 0.389. The number of carbonyl (C=O) groups is 2. The molecule has 3 rings (SSSR count). The zero-order valence-corrected chi connectivity index (χ0v) is 14.2. The predicted molar refractivity (Wildman–Crippen MR) is 91.6 cm³/mol. The van der Waals surface area contributed by atoms with E-state index in [0.29, 0.717) is 12.8 Å². The first-order valence-electron chi connectivity index (χ1n) is 8.13. The summed E-state index contributed by atoms with van der Waals surface area (Å²) in [6.07, 6.45) is 1.30. The van der Waals surface area contributed by atoms with Gasteiger partial charge < -0.3 is 10.6 Å².